The van der Waals surface area contributed by atoms with E-state index in [1.165, 1.54) is 0 Å². The molecule has 0 aliphatic rings. The molecule has 0 amide bonds. The summed E-state index contributed by atoms with van der Waals surface area (Å²) in [5.74, 6) is -0.343. The molecule has 0 saturated heterocycles. The number of fused-ring (bicyclic) bond motifs is 1. The van der Waals surface area contributed by atoms with Crippen LogP contribution in [0.1, 0.15) is 10.4 Å². The lowest BCUT2D eigenvalue weighted by molar-refractivity contribution is 0.0697. The maximum absolute atomic E-state index is 11.6. The maximum Gasteiger partial charge on any atom is 0.336 e. The molecule has 0 aliphatic carbocycles. The highest BCUT2D eigenvalue weighted by molar-refractivity contribution is 6.06. The van der Waals surface area contributed by atoms with E-state index in [1.54, 1.807) is 24.4 Å². The van der Waals surface area contributed by atoms with Crippen molar-refractivity contribution in [3.8, 4) is 22.5 Å². The molecule has 0 saturated carbocycles. The van der Waals surface area contributed by atoms with E-state index < -0.39 is 5.97 Å². The summed E-state index contributed by atoms with van der Waals surface area (Å²) in [6.45, 7) is 0. The van der Waals surface area contributed by atoms with Gasteiger partial charge in [0.25, 0.3) is 0 Å². The lowest BCUT2D eigenvalue weighted by Crippen LogP contribution is -2.00. The van der Waals surface area contributed by atoms with E-state index in [0.717, 1.165) is 21.9 Å². The molecule has 0 aliphatic heterocycles. The highest BCUT2D eigenvalue weighted by atomic mass is 16.5. The fourth-order valence-electron chi connectivity index (χ4n) is 3.01. The zero-order valence-corrected chi connectivity index (χ0v) is 12.6. The molecule has 0 fully saturated rings. The van der Waals surface area contributed by atoms with Gasteiger partial charge in [-0.1, -0.05) is 59.8 Å². The van der Waals surface area contributed by atoms with Gasteiger partial charge in [0, 0.05) is 11.6 Å². The normalized spacial score (nSPS) is 10.8. The molecule has 0 bridgehead atoms. The second-order valence-corrected chi connectivity index (χ2v) is 5.44. The highest BCUT2D eigenvalue weighted by Crippen LogP contribution is 2.39. The molecule has 4 heteroatoms. The predicted molar refractivity (Wildman–Crippen MR) is 91.8 cm³/mol. The van der Waals surface area contributed by atoms with E-state index in [-0.39, 0.29) is 5.56 Å². The van der Waals surface area contributed by atoms with Crippen molar-refractivity contribution in [1.29, 1.82) is 0 Å². The lowest BCUT2D eigenvalue weighted by Gasteiger charge is -2.13. The van der Waals surface area contributed by atoms with Crippen LogP contribution in [-0.2, 0) is 0 Å². The average molecular weight is 315 g/mol. The number of rotatable bonds is 3. The van der Waals surface area contributed by atoms with Gasteiger partial charge >= 0.3 is 5.97 Å². The van der Waals surface area contributed by atoms with Gasteiger partial charge in [-0.25, -0.2) is 4.79 Å². The average Bonchev–Trinajstić information content (AvgIpc) is 3.15. The first kappa shape index (κ1) is 14.2. The standard InChI is InChI=1S/C20H13NO3/c22-20(23)17-8-4-3-7-15(17)16-10-9-13-5-1-2-6-14(13)19(16)18-11-12-21-24-18/h1-12H,(H,22,23). The third-order valence-electron chi connectivity index (χ3n) is 4.06. The molecule has 1 heterocycles. The maximum atomic E-state index is 11.6. The van der Waals surface area contributed by atoms with Gasteiger partial charge in [0.2, 0.25) is 0 Å². The molecule has 0 radical (unpaired) electrons. The molecule has 0 atom stereocenters. The molecule has 4 aromatic rings. The molecule has 24 heavy (non-hydrogen) atoms. The van der Waals surface area contributed by atoms with Crippen LogP contribution in [0.3, 0.4) is 0 Å². The molecule has 0 unspecified atom stereocenters. The molecule has 4 nitrogen and oxygen atoms in total. The third kappa shape index (κ3) is 2.25. The first-order chi connectivity index (χ1) is 11.8. The summed E-state index contributed by atoms with van der Waals surface area (Å²) >= 11 is 0. The Labute approximate surface area is 138 Å². The van der Waals surface area contributed by atoms with Gasteiger partial charge in [-0.15, -0.1) is 0 Å². The molecule has 1 aromatic heterocycles. The quantitative estimate of drug-likeness (QED) is 0.586. The minimum absolute atomic E-state index is 0.258. The van der Waals surface area contributed by atoms with E-state index >= 15 is 0 Å². The zero-order valence-electron chi connectivity index (χ0n) is 12.6. The number of benzene rings is 3. The minimum Gasteiger partial charge on any atom is -0.478 e. The van der Waals surface area contributed by atoms with Crippen molar-refractivity contribution in [2.45, 2.75) is 0 Å². The summed E-state index contributed by atoms with van der Waals surface area (Å²) in [4.78, 5) is 11.6. The zero-order chi connectivity index (χ0) is 16.5. The molecule has 0 spiro atoms. The van der Waals surface area contributed by atoms with Crippen LogP contribution >= 0.6 is 0 Å². The van der Waals surface area contributed by atoms with Crippen molar-refractivity contribution in [2.75, 3.05) is 0 Å². The number of hydrogen-bond acceptors (Lipinski definition) is 3. The highest BCUT2D eigenvalue weighted by Gasteiger charge is 2.18. The van der Waals surface area contributed by atoms with Gasteiger partial charge in [0.1, 0.15) is 0 Å². The number of aromatic carboxylic acids is 1. The van der Waals surface area contributed by atoms with Gasteiger partial charge in [-0.2, -0.15) is 0 Å². The number of carboxylic acid groups (broad SMARTS) is 1. The molecular formula is C20H13NO3. The van der Waals surface area contributed by atoms with Crippen LogP contribution < -0.4 is 0 Å². The summed E-state index contributed by atoms with van der Waals surface area (Å²) in [5.41, 5.74) is 2.57. The van der Waals surface area contributed by atoms with Gasteiger partial charge in [0.15, 0.2) is 5.76 Å². The molecule has 116 valence electrons. The fraction of sp³-hybridized carbons (Fsp3) is 0. The SMILES string of the molecule is O=C(O)c1ccccc1-c1ccc2ccccc2c1-c1ccno1. The van der Waals surface area contributed by atoms with Gasteiger partial charge in [-0.05, 0) is 28.0 Å². The van der Waals surface area contributed by atoms with Crippen molar-refractivity contribution in [3.05, 3.63) is 78.5 Å². The second-order valence-electron chi connectivity index (χ2n) is 5.44. The van der Waals surface area contributed by atoms with Crippen molar-refractivity contribution in [1.82, 2.24) is 5.16 Å². The van der Waals surface area contributed by atoms with Crippen LogP contribution in [0.15, 0.2) is 77.4 Å². The van der Waals surface area contributed by atoms with Crippen LogP contribution in [-0.4, -0.2) is 16.2 Å². The van der Waals surface area contributed by atoms with Crippen LogP contribution in [0.4, 0.5) is 0 Å². The predicted octanol–water partition coefficient (Wildman–Crippen LogP) is 4.86. The Balaban J connectivity index is 2.11. The second kappa shape index (κ2) is 5.66. The topological polar surface area (TPSA) is 63.3 Å². The number of nitrogens with zero attached hydrogens (tertiary/aromatic N) is 1. The van der Waals surface area contributed by atoms with E-state index in [0.29, 0.717) is 11.3 Å². The van der Waals surface area contributed by atoms with E-state index in [4.69, 9.17) is 4.52 Å². The summed E-state index contributed by atoms with van der Waals surface area (Å²) < 4.78 is 5.39. The third-order valence-corrected chi connectivity index (χ3v) is 4.06. The number of hydrogen-bond donors (Lipinski definition) is 1. The Kier molecular flexibility index (Phi) is 3.35. The monoisotopic (exact) mass is 315 g/mol. The Hall–Kier alpha value is -3.40. The van der Waals surface area contributed by atoms with Crippen LogP contribution in [0.5, 0.6) is 0 Å². The van der Waals surface area contributed by atoms with Crippen LogP contribution in [0, 0.1) is 0 Å². The Morgan fingerprint density at radius 1 is 0.875 bits per heavy atom. The van der Waals surface area contributed by atoms with Crippen molar-refractivity contribution in [2.24, 2.45) is 0 Å². The molecule has 1 N–H and O–H groups in total. The number of carboxylic acids is 1. The summed E-state index contributed by atoms with van der Waals surface area (Å²) in [6, 6.07) is 20.6. The molecule has 4 rings (SSSR count). The summed E-state index contributed by atoms with van der Waals surface area (Å²) in [7, 11) is 0. The van der Waals surface area contributed by atoms with Crippen molar-refractivity contribution in [3.63, 3.8) is 0 Å². The van der Waals surface area contributed by atoms with Crippen molar-refractivity contribution < 1.29 is 14.4 Å². The largest absolute Gasteiger partial charge is 0.478 e. The first-order valence-electron chi connectivity index (χ1n) is 7.51. The van der Waals surface area contributed by atoms with Gasteiger partial charge in [0.05, 0.1) is 11.8 Å². The van der Waals surface area contributed by atoms with Gasteiger partial charge in [-0.3, -0.25) is 0 Å². The Morgan fingerprint density at radius 2 is 1.67 bits per heavy atom. The van der Waals surface area contributed by atoms with Crippen LogP contribution in [0.25, 0.3) is 33.2 Å². The molecular weight excluding hydrogens is 302 g/mol. The van der Waals surface area contributed by atoms with Crippen LogP contribution in [0.2, 0.25) is 0 Å². The summed E-state index contributed by atoms with van der Waals surface area (Å²) in [6.07, 6.45) is 1.59. The van der Waals surface area contributed by atoms with E-state index in [2.05, 4.69) is 5.16 Å². The first-order valence-corrected chi connectivity index (χ1v) is 7.51. The molecule has 3 aromatic carbocycles. The Bertz CT molecular complexity index is 1040. The van der Waals surface area contributed by atoms with Gasteiger partial charge < -0.3 is 9.63 Å². The van der Waals surface area contributed by atoms with E-state index in [9.17, 15) is 9.90 Å². The Morgan fingerprint density at radius 3 is 2.46 bits per heavy atom. The van der Waals surface area contributed by atoms with E-state index in [1.807, 2.05) is 48.5 Å². The number of carbonyl (C=O) groups is 1. The minimum atomic E-state index is -0.956. The lowest BCUT2D eigenvalue weighted by atomic mass is 9.90. The van der Waals surface area contributed by atoms with Crippen molar-refractivity contribution >= 4 is 16.7 Å². The fourth-order valence-corrected chi connectivity index (χ4v) is 3.01. The number of aromatic nitrogens is 1. The smallest absolute Gasteiger partial charge is 0.336 e. The summed E-state index contributed by atoms with van der Waals surface area (Å²) in [5, 5.41) is 15.4.